The number of rotatable bonds is 7. The molecule has 30 heavy (non-hydrogen) atoms. The maximum absolute atomic E-state index is 12.2. The molecule has 0 radical (unpaired) electrons. The minimum Gasteiger partial charge on any atom is -0.497 e. The van der Waals surface area contributed by atoms with Crippen LogP contribution in [-0.2, 0) is 11.2 Å². The molecule has 0 saturated heterocycles. The first-order valence-electron chi connectivity index (χ1n) is 9.28. The lowest BCUT2D eigenvalue weighted by Gasteiger charge is -2.10. The molecule has 0 aliphatic heterocycles. The number of methoxy groups -OCH3 is 1. The van der Waals surface area contributed by atoms with Gasteiger partial charge in [0.1, 0.15) is 5.75 Å². The van der Waals surface area contributed by atoms with Crippen LogP contribution in [0.5, 0.6) is 5.75 Å². The molecule has 0 fully saturated rings. The van der Waals surface area contributed by atoms with Crippen molar-refractivity contribution in [2.75, 3.05) is 7.11 Å². The van der Waals surface area contributed by atoms with E-state index in [0.29, 0.717) is 5.56 Å². The number of nitrogens with zero attached hydrogens (tertiary/aromatic N) is 3. The van der Waals surface area contributed by atoms with Crippen molar-refractivity contribution in [2.45, 2.75) is 20.3 Å². The summed E-state index contributed by atoms with van der Waals surface area (Å²) in [6.07, 6.45) is 1.44. The Hall–Kier alpha value is -3.94. The third kappa shape index (κ3) is 4.54. The van der Waals surface area contributed by atoms with E-state index in [-0.39, 0.29) is 12.1 Å². The first-order chi connectivity index (χ1) is 14.4. The van der Waals surface area contributed by atoms with Gasteiger partial charge in [-0.1, -0.05) is 18.2 Å². The van der Waals surface area contributed by atoms with Gasteiger partial charge >= 0.3 is 0 Å². The van der Waals surface area contributed by atoms with Gasteiger partial charge in [0, 0.05) is 34.3 Å². The number of para-hydroxylation sites is 1. The lowest BCUT2D eigenvalue weighted by molar-refractivity contribution is -0.385. The van der Waals surface area contributed by atoms with Crippen LogP contribution in [0, 0.1) is 24.0 Å². The molecule has 3 rings (SSSR count). The molecular weight excluding hydrogens is 384 g/mol. The second-order valence-electron chi connectivity index (χ2n) is 6.72. The Labute approximate surface area is 173 Å². The Kier molecular flexibility index (Phi) is 6.26. The van der Waals surface area contributed by atoms with E-state index in [0.717, 1.165) is 28.4 Å². The van der Waals surface area contributed by atoms with E-state index in [1.807, 2.05) is 44.2 Å². The summed E-state index contributed by atoms with van der Waals surface area (Å²) in [4.78, 5) is 22.7. The highest BCUT2D eigenvalue weighted by Crippen LogP contribution is 2.22. The topological polar surface area (TPSA) is 98.8 Å². The fraction of sp³-hybridized carbons (Fsp3) is 0.182. The average Bonchev–Trinajstić information content (AvgIpc) is 3.01. The number of hydrogen-bond donors (Lipinski definition) is 1. The molecule has 0 aliphatic rings. The minimum absolute atomic E-state index is 0.0836. The molecule has 1 amide bonds. The summed E-state index contributed by atoms with van der Waals surface area (Å²) in [6.45, 7) is 3.95. The number of amides is 1. The van der Waals surface area contributed by atoms with E-state index in [9.17, 15) is 14.9 Å². The third-order valence-electron chi connectivity index (χ3n) is 4.73. The number of nitrogens with one attached hydrogen (secondary N) is 1. The smallest absolute Gasteiger partial charge is 0.273 e. The van der Waals surface area contributed by atoms with Crippen LogP contribution in [0.2, 0.25) is 0 Å². The molecule has 3 aromatic rings. The molecule has 0 bridgehead atoms. The van der Waals surface area contributed by atoms with Crippen molar-refractivity contribution in [1.82, 2.24) is 9.99 Å². The Morgan fingerprint density at radius 3 is 2.57 bits per heavy atom. The largest absolute Gasteiger partial charge is 0.497 e. The third-order valence-corrected chi connectivity index (χ3v) is 4.73. The number of carbonyl (C=O) groups excluding carboxylic acids is 1. The van der Waals surface area contributed by atoms with Crippen LogP contribution in [0.1, 0.15) is 22.5 Å². The number of nitro groups is 1. The van der Waals surface area contributed by atoms with Gasteiger partial charge in [-0.3, -0.25) is 14.9 Å². The molecule has 1 heterocycles. The van der Waals surface area contributed by atoms with Crippen LogP contribution in [0.3, 0.4) is 0 Å². The summed E-state index contributed by atoms with van der Waals surface area (Å²) >= 11 is 0. The molecule has 2 aromatic carbocycles. The Morgan fingerprint density at radius 1 is 1.20 bits per heavy atom. The van der Waals surface area contributed by atoms with E-state index in [1.165, 1.54) is 6.07 Å². The number of nitro benzene ring substituents is 1. The highest BCUT2D eigenvalue weighted by Gasteiger charge is 2.15. The molecule has 0 unspecified atom stereocenters. The van der Waals surface area contributed by atoms with Gasteiger partial charge in [-0.2, -0.15) is 5.10 Å². The van der Waals surface area contributed by atoms with Gasteiger partial charge in [-0.25, -0.2) is 5.43 Å². The van der Waals surface area contributed by atoms with Gasteiger partial charge in [0.15, 0.2) is 0 Å². The molecule has 0 saturated carbocycles. The number of aromatic nitrogens is 1. The molecule has 1 aromatic heterocycles. The van der Waals surface area contributed by atoms with E-state index in [4.69, 9.17) is 4.74 Å². The van der Waals surface area contributed by atoms with Crippen molar-refractivity contribution in [1.29, 1.82) is 0 Å². The second kappa shape index (κ2) is 9.04. The zero-order valence-electron chi connectivity index (χ0n) is 17.0. The predicted molar refractivity (Wildman–Crippen MR) is 114 cm³/mol. The minimum atomic E-state index is -0.500. The molecule has 8 nitrogen and oxygen atoms in total. The van der Waals surface area contributed by atoms with Crippen LogP contribution in [0.15, 0.2) is 59.7 Å². The SMILES string of the molecule is COc1ccc(-n2c(C)cc(C=NNC(=O)Cc3ccccc3[N+](=O)[O-])c2C)cc1. The predicted octanol–water partition coefficient (Wildman–Crippen LogP) is 3.70. The Morgan fingerprint density at radius 2 is 1.90 bits per heavy atom. The Bertz CT molecular complexity index is 1100. The van der Waals surface area contributed by atoms with Gasteiger partial charge in [-0.15, -0.1) is 0 Å². The number of hydrogen-bond acceptors (Lipinski definition) is 5. The molecule has 154 valence electrons. The van der Waals surface area contributed by atoms with E-state index >= 15 is 0 Å². The lowest BCUT2D eigenvalue weighted by Crippen LogP contribution is -2.20. The fourth-order valence-corrected chi connectivity index (χ4v) is 3.27. The normalized spacial score (nSPS) is 10.9. The first-order valence-corrected chi connectivity index (χ1v) is 9.28. The molecule has 8 heteroatoms. The van der Waals surface area contributed by atoms with Crippen molar-refractivity contribution in [3.63, 3.8) is 0 Å². The quantitative estimate of drug-likeness (QED) is 0.367. The van der Waals surface area contributed by atoms with Gasteiger partial charge < -0.3 is 9.30 Å². The number of carbonyl (C=O) groups is 1. The molecule has 0 atom stereocenters. The first kappa shape index (κ1) is 20.8. The van der Waals surface area contributed by atoms with Crippen molar-refractivity contribution < 1.29 is 14.5 Å². The van der Waals surface area contributed by atoms with Gasteiger partial charge in [0.2, 0.25) is 5.91 Å². The average molecular weight is 406 g/mol. The van der Waals surface area contributed by atoms with Crippen molar-refractivity contribution in [3.05, 3.63) is 87.2 Å². The van der Waals surface area contributed by atoms with Crippen LogP contribution in [0.25, 0.3) is 5.69 Å². The van der Waals surface area contributed by atoms with E-state index in [1.54, 1.807) is 31.5 Å². The van der Waals surface area contributed by atoms with Gasteiger partial charge in [0.25, 0.3) is 5.69 Å². The summed E-state index contributed by atoms with van der Waals surface area (Å²) in [5.74, 6) is 0.355. The van der Waals surface area contributed by atoms with Gasteiger partial charge in [0.05, 0.1) is 24.7 Å². The van der Waals surface area contributed by atoms with Gasteiger partial charge in [-0.05, 0) is 44.2 Å². The van der Waals surface area contributed by atoms with Crippen LogP contribution < -0.4 is 10.2 Å². The monoisotopic (exact) mass is 406 g/mol. The van der Waals surface area contributed by atoms with Crippen LogP contribution >= 0.6 is 0 Å². The number of hydrazone groups is 1. The van der Waals surface area contributed by atoms with Crippen molar-refractivity contribution in [3.8, 4) is 11.4 Å². The number of aryl methyl sites for hydroxylation is 1. The second-order valence-corrected chi connectivity index (χ2v) is 6.72. The number of ether oxygens (including phenoxy) is 1. The summed E-state index contributed by atoms with van der Waals surface area (Å²) in [5.41, 5.74) is 6.53. The summed E-state index contributed by atoms with van der Waals surface area (Å²) in [6, 6.07) is 15.8. The highest BCUT2D eigenvalue weighted by molar-refractivity contribution is 5.85. The lowest BCUT2D eigenvalue weighted by atomic mass is 10.1. The van der Waals surface area contributed by atoms with Crippen LogP contribution in [-0.4, -0.2) is 28.7 Å². The standard InChI is InChI=1S/C22H22N4O4/c1-15-12-18(16(2)25(15)19-8-10-20(30-3)11-9-19)14-23-24-22(27)13-17-6-4-5-7-21(17)26(28)29/h4-12,14H,13H2,1-3H3,(H,24,27). The van der Waals surface area contributed by atoms with Crippen molar-refractivity contribution >= 4 is 17.8 Å². The zero-order chi connectivity index (χ0) is 21.7. The zero-order valence-corrected chi connectivity index (χ0v) is 17.0. The molecule has 0 aliphatic carbocycles. The molecule has 0 spiro atoms. The maximum atomic E-state index is 12.2. The summed E-state index contributed by atoms with van der Waals surface area (Å²) < 4.78 is 7.28. The van der Waals surface area contributed by atoms with E-state index < -0.39 is 10.8 Å². The summed E-state index contributed by atoms with van der Waals surface area (Å²) in [5, 5.41) is 15.1. The van der Waals surface area contributed by atoms with Crippen LogP contribution in [0.4, 0.5) is 5.69 Å². The molecule has 1 N–H and O–H groups in total. The highest BCUT2D eigenvalue weighted by atomic mass is 16.6. The fourth-order valence-electron chi connectivity index (χ4n) is 3.27. The summed E-state index contributed by atoms with van der Waals surface area (Å²) in [7, 11) is 1.63. The van der Waals surface area contributed by atoms with E-state index in [2.05, 4.69) is 15.1 Å². The Balaban J connectivity index is 1.71. The number of benzene rings is 2. The van der Waals surface area contributed by atoms with Crippen molar-refractivity contribution in [2.24, 2.45) is 5.10 Å². The maximum Gasteiger partial charge on any atom is 0.273 e. The molecular formula is C22H22N4O4.